The number of nitrogens with zero attached hydrogens (tertiary/aromatic N) is 2. The first-order valence-electron chi connectivity index (χ1n) is 19.4. The summed E-state index contributed by atoms with van der Waals surface area (Å²) in [6, 6.07) is 22.3. The van der Waals surface area contributed by atoms with E-state index in [9.17, 15) is 22.8 Å². The van der Waals surface area contributed by atoms with E-state index in [2.05, 4.69) is 15.4 Å². The van der Waals surface area contributed by atoms with Gasteiger partial charge in [0.05, 0.1) is 30.6 Å². The van der Waals surface area contributed by atoms with Gasteiger partial charge >= 0.3 is 6.09 Å². The highest BCUT2D eigenvalue weighted by atomic mass is 32.2. The number of carbonyl (C=O) groups excluding carboxylic acids is 3. The molecule has 3 N–H and O–H groups in total. The molecule has 1 aromatic heterocycles. The maximum atomic E-state index is 14.5. The van der Waals surface area contributed by atoms with Crippen molar-refractivity contribution in [3.05, 3.63) is 91.0 Å². The summed E-state index contributed by atoms with van der Waals surface area (Å²) in [5.41, 5.74) is 0.134. The molecule has 1 saturated carbocycles. The number of amides is 3. The van der Waals surface area contributed by atoms with Crippen LogP contribution in [-0.2, 0) is 24.3 Å². The zero-order chi connectivity index (χ0) is 40.4. The van der Waals surface area contributed by atoms with Crippen LogP contribution >= 0.6 is 0 Å². The average Bonchev–Trinajstić information content (AvgIpc) is 3.71. The molecule has 300 valence electrons. The molecule has 0 bridgehead atoms. The zero-order valence-corrected chi connectivity index (χ0v) is 33.4. The Morgan fingerprint density at radius 1 is 0.982 bits per heavy atom. The van der Waals surface area contributed by atoms with Crippen molar-refractivity contribution >= 4 is 44.5 Å². The van der Waals surface area contributed by atoms with Crippen LogP contribution in [-0.4, -0.2) is 79.7 Å². The molecule has 3 heterocycles. The lowest BCUT2D eigenvalue weighted by atomic mass is 10.1. The Hall–Kier alpha value is -5.63. The molecule has 1 aliphatic carbocycles. The Balaban J connectivity index is 1.19. The number of carbonyl (C=O) groups is 3. The van der Waals surface area contributed by atoms with Gasteiger partial charge < -0.3 is 24.8 Å². The molecule has 7 rings (SSSR count). The van der Waals surface area contributed by atoms with E-state index in [0.29, 0.717) is 40.3 Å². The van der Waals surface area contributed by atoms with E-state index >= 15 is 0 Å². The molecule has 3 aliphatic rings. The summed E-state index contributed by atoms with van der Waals surface area (Å²) < 4.78 is 47.6. The van der Waals surface area contributed by atoms with Crippen molar-refractivity contribution in [2.75, 3.05) is 25.5 Å². The molecule has 2 fully saturated rings. The maximum Gasteiger partial charge on any atom is 0.411 e. The highest BCUT2D eigenvalue weighted by molar-refractivity contribution is 7.90. The summed E-state index contributed by atoms with van der Waals surface area (Å²) in [6.45, 7) is 5.80. The lowest BCUT2D eigenvalue weighted by Crippen LogP contribution is -2.56. The second kappa shape index (κ2) is 16.1. The van der Waals surface area contributed by atoms with Crippen LogP contribution < -0.4 is 24.8 Å². The van der Waals surface area contributed by atoms with Gasteiger partial charge in [0.1, 0.15) is 39.7 Å². The van der Waals surface area contributed by atoms with Crippen LogP contribution in [0.1, 0.15) is 59.3 Å². The number of hydrogen-bond acceptors (Lipinski definition) is 10. The van der Waals surface area contributed by atoms with Gasteiger partial charge in [0.25, 0.3) is 15.9 Å². The standard InChI is InChI=1S/C43H49N5O8S/c1-42(2,3)56-41(51)48-27-31(55-37-25-34(28-15-9-8-10-16-28)45-35-23-30(54-4)20-21-32(35)37)24-36(48)39(49)46-43-26-29(43)17-11-6-5-7-14-22-44-33-18-12-13-19-38(33)57(52,53)47-40(43)50/h8-13,15-21,23,25,29,31,36,44H,5-7,14,22,24,26-27H2,1-4H3,(H,46,49)(H,47,50)/b17-11-/t29-,31+,36-,43+/m0/s1. The molecule has 13 nitrogen and oxygen atoms in total. The first-order valence-corrected chi connectivity index (χ1v) is 20.8. The van der Waals surface area contributed by atoms with Crippen LogP contribution in [0.4, 0.5) is 10.5 Å². The molecular weight excluding hydrogens is 747 g/mol. The van der Waals surface area contributed by atoms with Gasteiger partial charge in [0.15, 0.2) is 0 Å². The van der Waals surface area contributed by atoms with Crippen LogP contribution in [0.2, 0.25) is 0 Å². The van der Waals surface area contributed by atoms with Crippen LogP contribution in [0.3, 0.4) is 0 Å². The Labute approximate surface area is 333 Å². The minimum Gasteiger partial charge on any atom is -0.497 e. The number of anilines is 1. The van der Waals surface area contributed by atoms with Gasteiger partial charge in [-0.25, -0.2) is 22.9 Å². The largest absolute Gasteiger partial charge is 0.497 e. The Morgan fingerprint density at radius 2 is 1.75 bits per heavy atom. The van der Waals surface area contributed by atoms with Gasteiger partial charge in [0.2, 0.25) is 5.91 Å². The molecule has 4 atom stereocenters. The first kappa shape index (κ1) is 39.6. The van der Waals surface area contributed by atoms with Gasteiger partial charge in [-0.3, -0.25) is 14.5 Å². The Morgan fingerprint density at radius 3 is 2.53 bits per heavy atom. The number of allylic oxidation sites excluding steroid dienone is 1. The third-order valence-electron chi connectivity index (χ3n) is 10.4. The van der Waals surface area contributed by atoms with Gasteiger partial charge in [-0.15, -0.1) is 0 Å². The molecular formula is C43H49N5O8S. The second-order valence-electron chi connectivity index (χ2n) is 15.8. The lowest BCUT2D eigenvalue weighted by Gasteiger charge is -2.29. The predicted molar refractivity (Wildman–Crippen MR) is 216 cm³/mol. The summed E-state index contributed by atoms with van der Waals surface area (Å²) in [5.74, 6) is -0.806. The number of aromatic nitrogens is 1. The smallest absolute Gasteiger partial charge is 0.411 e. The van der Waals surface area contributed by atoms with Gasteiger partial charge in [-0.1, -0.05) is 61.0 Å². The number of hydrogen-bond donors (Lipinski definition) is 3. The molecule has 57 heavy (non-hydrogen) atoms. The van der Waals surface area contributed by atoms with Crippen LogP contribution in [0.15, 0.2) is 95.9 Å². The van der Waals surface area contributed by atoms with Crippen LogP contribution in [0.25, 0.3) is 22.2 Å². The number of fused-ring (bicyclic) bond motifs is 3. The van der Waals surface area contributed by atoms with Gasteiger partial charge in [-0.05, 0) is 70.7 Å². The van der Waals surface area contributed by atoms with E-state index < -0.39 is 57.1 Å². The van der Waals surface area contributed by atoms with Crippen molar-refractivity contribution in [2.45, 2.75) is 87.5 Å². The van der Waals surface area contributed by atoms with Gasteiger partial charge in [0, 0.05) is 42.0 Å². The molecule has 0 unspecified atom stereocenters. The van der Waals surface area contributed by atoms with Crippen LogP contribution in [0, 0.1) is 5.92 Å². The van der Waals surface area contributed by atoms with Crippen molar-refractivity contribution < 1.29 is 37.0 Å². The van der Waals surface area contributed by atoms with E-state index in [1.165, 1.54) is 11.0 Å². The van der Waals surface area contributed by atoms with Crippen molar-refractivity contribution in [3.8, 4) is 22.8 Å². The fraction of sp³-hybridized carbons (Fsp3) is 0.395. The average molecular weight is 796 g/mol. The van der Waals surface area contributed by atoms with E-state index in [4.69, 9.17) is 19.2 Å². The molecule has 1 saturated heterocycles. The molecule has 14 heteroatoms. The number of likely N-dealkylation sites (tertiary alicyclic amines) is 1. The second-order valence-corrected chi connectivity index (χ2v) is 17.4. The highest BCUT2D eigenvalue weighted by Crippen LogP contribution is 2.46. The fourth-order valence-electron chi connectivity index (χ4n) is 7.44. The van der Waals surface area contributed by atoms with Crippen LogP contribution in [0.5, 0.6) is 11.5 Å². The van der Waals surface area contributed by atoms with Crippen molar-refractivity contribution in [1.82, 2.24) is 19.9 Å². The zero-order valence-electron chi connectivity index (χ0n) is 32.6. The number of para-hydroxylation sites is 1. The number of pyridine rings is 1. The normalized spacial score (nSPS) is 24.0. The maximum absolute atomic E-state index is 14.5. The number of benzene rings is 3. The SMILES string of the molecule is COc1ccc2c(O[C@@H]3C[C@@H](C(=O)N[C@]45C[C@@H]4/C=C\CCCCCNc4ccccc4S(=O)(=O)NC5=O)N(C(=O)OC(C)(C)C)C3)cc(-c3ccccc3)nc2c1. The molecule has 3 amide bonds. The van der Waals surface area contributed by atoms with E-state index in [0.717, 1.165) is 31.2 Å². The molecule has 2 aliphatic heterocycles. The summed E-state index contributed by atoms with van der Waals surface area (Å²) in [4.78, 5) is 48.5. The lowest BCUT2D eigenvalue weighted by molar-refractivity contribution is -0.131. The quantitative estimate of drug-likeness (QED) is 0.181. The predicted octanol–water partition coefficient (Wildman–Crippen LogP) is 6.59. The van der Waals surface area contributed by atoms with Gasteiger partial charge in [-0.2, -0.15) is 0 Å². The topological polar surface area (TPSA) is 165 Å². The Kier molecular flexibility index (Phi) is 11.2. The van der Waals surface area contributed by atoms with Crippen molar-refractivity contribution in [3.63, 3.8) is 0 Å². The third-order valence-corrected chi connectivity index (χ3v) is 11.8. The molecule has 0 radical (unpaired) electrons. The van der Waals surface area contributed by atoms with Crippen molar-refractivity contribution in [2.24, 2.45) is 5.92 Å². The van der Waals surface area contributed by atoms with E-state index in [1.807, 2.05) is 66.7 Å². The summed E-state index contributed by atoms with van der Waals surface area (Å²) in [7, 11) is -2.75. The number of methoxy groups -OCH3 is 1. The molecule has 3 aromatic carbocycles. The highest BCUT2D eigenvalue weighted by Gasteiger charge is 2.61. The summed E-state index contributed by atoms with van der Waals surface area (Å²) >= 11 is 0. The monoisotopic (exact) mass is 795 g/mol. The fourth-order valence-corrected chi connectivity index (χ4v) is 8.66. The number of rotatable bonds is 6. The summed E-state index contributed by atoms with van der Waals surface area (Å²) in [5, 5.41) is 6.81. The molecule has 0 spiro atoms. The van der Waals surface area contributed by atoms with E-state index in [1.54, 1.807) is 46.1 Å². The third kappa shape index (κ3) is 8.85. The number of nitrogens with one attached hydrogen (secondary N) is 3. The molecule has 4 aromatic rings. The van der Waals surface area contributed by atoms with E-state index in [-0.39, 0.29) is 24.3 Å². The summed E-state index contributed by atoms with van der Waals surface area (Å²) in [6.07, 6.45) is 6.19. The Bertz CT molecular complexity index is 2290. The minimum atomic E-state index is -4.34. The minimum absolute atomic E-state index is 0.00827. The number of ether oxygens (including phenoxy) is 3. The number of sulfonamides is 1. The van der Waals surface area contributed by atoms with Crippen molar-refractivity contribution in [1.29, 1.82) is 0 Å². The first-order chi connectivity index (χ1) is 27.3.